The molecule has 0 aromatic heterocycles. The lowest BCUT2D eigenvalue weighted by atomic mass is 9.77. The standard InChI is InChI=1S/C23H30N2O2S2/c1-23(2,19-3-5-21-17(11-19)13-24(7-9-28)15-26-21)20-4-6-22-18(12-20)14-25(8-10-29)16-27-22/h3-6,11-12,28-29H,7-10,13-16H2,1-2H3. The van der Waals surface area contributed by atoms with Crippen LogP contribution in [0, 0.1) is 0 Å². The fourth-order valence-corrected chi connectivity index (χ4v) is 4.66. The number of rotatable bonds is 6. The van der Waals surface area contributed by atoms with Gasteiger partial charge in [0.25, 0.3) is 0 Å². The maximum absolute atomic E-state index is 5.93. The van der Waals surface area contributed by atoms with Crippen LogP contribution in [0.4, 0.5) is 0 Å². The summed E-state index contributed by atoms with van der Waals surface area (Å²) >= 11 is 8.72. The maximum Gasteiger partial charge on any atom is 0.142 e. The van der Waals surface area contributed by atoms with Crippen LogP contribution < -0.4 is 9.47 Å². The monoisotopic (exact) mass is 430 g/mol. The zero-order valence-electron chi connectivity index (χ0n) is 17.2. The van der Waals surface area contributed by atoms with E-state index in [9.17, 15) is 0 Å². The Balaban J connectivity index is 1.61. The van der Waals surface area contributed by atoms with Crippen LogP contribution >= 0.6 is 25.3 Å². The van der Waals surface area contributed by atoms with Gasteiger partial charge in [0.1, 0.15) is 25.0 Å². The maximum atomic E-state index is 5.93. The summed E-state index contributed by atoms with van der Waals surface area (Å²) in [5, 5.41) is 0. The average Bonchev–Trinajstić information content (AvgIpc) is 2.73. The van der Waals surface area contributed by atoms with Crippen LogP contribution in [0.3, 0.4) is 0 Å². The van der Waals surface area contributed by atoms with Crippen molar-refractivity contribution in [2.24, 2.45) is 0 Å². The molecule has 0 aliphatic carbocycles. The number of hydrogen-bond acceptors (Lipinski definition) is 6. The minimum Gasteiger partial charge on any atom is -0.478 e. The molecule has 4 rings (SSSR count). The van der Waals surface area contributed by atoms with Crippen molar-refractivity contribution < 1.29 is 9.47 Å². The van der Waals surface area contributed by atoms with Crippen molar-refractivity contribution in [2.75, 3.05) is 38.1 Å². The lowest BCUT2D eigenvalue weighted by Gasteiger charge is -2.33. The second-order valence-electron chi connectivity index (χ2n) is 8.37. The van der Waals surface area contributed by atoms with Crippen LogP contribution in [0.15, 0.2) is 36.4 Å². The van der Waals surface area contributed by atoms with E-state index in [4.69, 9.17) is 9.47 Å². The summed E-state index contributed by atoms with van der Waals surface area (Å²) in [6, 6.07) is 13.3. The van der Waals surface area contributed by atoms with E-state index in [0.29, 0.717) is 13.5 Å². The molecule has 0 N–H and O–H groups in total. The first kappa shape index (κ1) is 20.9. The number of hydrogen-bond donors (Lipinski definition) is 2. The SMILES string of the molecule is CC(C)(c1ccc2c(c1)CN(CCS)CO2)c1ccc2c(c1)CN(CCS)CO2. The normalized spacial score (nSPS) is 17.2. The molecule has 0 saturated carbocycles. The summed E-state index contributed by atoms with van der Waals surface area (Å²) in [4.78, 5) is 4.58. The van der Waals surface area contributed by atoms with Gasteiger partial charge >= 0.3 is 0 Å². The molecule has 0 radical (unpaired) electrons. The number of ether oxygens (including phenoxy) is 2. The number of nitrogens with zero attached hydrogens (tertiary/aromatic N) is 2. The average molecular weight is 431 g/mol. The second-order valence-corrected chi connectivity index (χ2v) is 9.26. The fraction of sp³-hybridized carbons (Fsp3) is 0.478. The smallest absolute Gasteiger partial charge is 0.142 e. The van der Waals surface area contributed by atoms with E-state index in [-0.39, 0.29) is 5.41 Å². The van der Waals surface area contributed by atoms with Gasteiger partial charge in [0.05, 0.1) is 0 Å². The summed E-state index contributed by atoms with van der Waals surface area (Å²) in [5.41, 5.74) is 5.00. The summed E-state index contributed by atoms with van der Waals surface area (Å²) in [6.45, 7) is 9.57. The molecule has 2 aliphatic rings. The van der Waals surface area contributed by atoms with E-state index in [1.54, 1.807) is 0 Å². The van der Waals surface area contributed by atoms with Gasteiger partial charge < -0.3 is 9.47 Å². The zero-order chi connectivity index (χ0) is 20.4. The van der Waals surface area contributed by atoms with E-state index in [1.807, 2.05) is 0 Å². The molecule has 6 heteroatoms. The van der Waals surface area contributed by atoms with Gasteiger partial charge in [0.15, 0.2) is 0 Å². The predicted molar refractivity (Wildman–Crippen MR) is 125 cm³/mol. The molecule has 0 fully saturated rings. The van der Waals surface area contributed by atoms with Crippen molar-refractivity contribution in [2.45, 2.75) is 32.4 Å². The lowest BCUT2D eigenvalue weighted by molar-refractivity contribution is 0.102. The van der Waals surface area contributed by atoms with Crippen molar-refractivity contribution in [3.63, 3.8) is 0 Å². The van der Waals surface area contributed by atoms with Gasteiger partial charge in [-0.1, -0.05) is 26.0 Å². The molecule has 0 bridgehead atoms. The number of benzene rings is 2. The summed E-state index contributed by atoms with van der Waals surface area (Å²) in [6.07, 6.45) is 0. The Kier molecular flexibility index (Phi) is 6.35. The highest BCUT2D eigenvalue weighted by atomic mass is 32.1. The largest absolute Gasteiger partial charge is 0.478 e. The Hall–Kier alpha value is -1.34. The highest BCUT2D eigenvalue weighted by Crippen LogP contribution is 2.38. The van der Waals surface area contributed by atoms with Gasteiger partial charge in [0, 0.05) is 54.2 Å². The van der Waals surface area contributed by atoms with Crippen molar-refractivity contribution >= 4 is 25.3 Å². The number of thiol groups is 2. The fourth-order valence-electron chi connectivity index (χ4n) is 4.10. The van der Waals surface area contributed by atoms with Crippen molar-refractivity contribution in [1.29, 1.82) is 0 Å². The molecule has 4 nitrogen and oxygen atoms in total. The summed E-state index contributed by atoms with van der Waals surface area (Å²) in [5.74, 6) is 3.68. The van der Waals surface area contributed by atoms with Crippen LogP contribution in [0.25, 0.3) is 0 Å². The molecule has 156 valence electrons. The van der Waals surface area contributed by atoms with Crippen LogP contribution in [-0.2, 0) is 18.5 Å². The first-order valence-electron chi connectivity index (χ1n) is 10.2. The Morgan fingerprint density at radius 3 is 1.66 bits per heavy atom. The Bertz CT molecular complexity index is 802. The molecule has 0 unspecified atom stereocenters. The predicted octanol–water partition coefficient (Wildman–Crippen LogP) is 4.18. The molecule has 2 heterocycles. The van der Waals surface area contributed by atoms with Crippen LogP contribution in [0.1, 0.15) is 36.1 Å². The molecule has 0 spiro atoms. The van der Waals surface area contributed by atoms with E-state index < -0.39 is 0 Å². The van der Waals surface area contributed by atoms with E-state index in [1.165, 1.54) is 22.3 Å². The molecule has 29 heavy (non-hydrogen) atoms. The minimum atomic E-state index is -0.109. The Morgan fingerprint density at radius 1 is 0.793 bits per heavy atom. The van der Waals surface area contributed by atoms with Crippen molar-refractivity contribution in [3.8, 4) is 11.5 Å². The van der Waals surface area contributed by atoms with Gasteiger partial charge in [-0.15, -0.1) is 0 Å². The third-order valence-corrected chi connectivity index (χ3v) is 6.39. The molecular formula is C23H30N2O2S2. The topological polar surface area (TPSA) is 24.9 Å². The first-order valence-corrected chi connectivity index (χ1v) is 11.5. The lowest BCUT2D eigenvalue weighted by Crippen LogP contribution is -2.34. The Labute approximate surface area is 185 Å². The summed E-state index contributed by atoms with van der Waals surface area (Å²) in [7, 11) is 0. The van der Waals surface area contributed by atoms with Crippen molar-refractivity contribution in [1.82, 2.24) is 9.80 Å². The molecule has 2 aromatic rings. The second kappa shape index (κ2) is 8.80. The first-order chi connectivity index (χ1) is 14.0. The molecule has 0 atom stereocenters. The third kappa shape index (κ3) is 4.41. The third-order valence-electron chi connectivity index (χ3n) is 5.99. The number of fused-ring (bicyclic) bond motifs is 2. The molecule has 0 amide bonds. The highest BCUT2D eigenvalue weighted by Gasteiger charge is 2.28. The quantitative estimate of drug-likeness (QED) is 0.672. The van der Waals surface area contributed by atoms with E-state index >= 15 is 0 Å². The van der Waals surface area contributed by atoms with Gasteiger partial charge in [-0.25, -0.2) is 0 Å². The highest BCUT2D eigenvalue weighted by molar-refractivity contribution is 7.80. The van der Waals surface area contributed by atoms with Gasteiger partial charge in [0.2, 0.25) is 0 Å². The van der Waals surface area contributed by atoms with E-state index in [0.717, 1.165) is 49.2 Å². The molecule has 2 aromatic carbocycles. The minimum absolute atomic E-state index is 0.109. The molecule has 0 saturated heterocycles. The van der Waals surface area contributed by atoms with Crippen molar-refractivity contribution in [3.05, 3.63) is 58.7 Å². The zero-order valence-corrected chi connectivity index (χ0v) is 19.0. The van der Waals surface area contributed by atoms with E-state index in [2.05, 4.69) is 85.3 Å². The Morgan fingerprint density at radius 2 is 1.24 bits per heavy atom. The van der Waals surface area contributed by atoms with Gasteiger partial charge in [-0.05, 0) is 35.4 Å². The van der Waals surface area contributed by atoms with Gasteiger partial charge in [-0.2, -0.15) is 25.3 Å². The van der Waals surface area contributed by atoms with Crippen LogP contribution in [0.2, 0.25) is 0 Å². The molecule has 2 aliphatic heterocycles. The van der Waals surface area contributed by atoms with Crippen LogP contribution in [0.5, 0.6) is 11.5 Å². The summed E-state index contributed by atoms with van der Waals surface area (Å²) < 4.78 is 11.9. The molecular weight excluding hydrogens is 400 g/mol. The van der Waals surface area contributed by atoms with Crippen LogP contribution in [-0.4, -0.2) is 47.9 Å². The van der Waals surface area contributed by atoms with Gasteiger partial charge in [-0.3, -0.25) is 9.80 Å².